The Morgan fingerprint density at radius 1 is 0.330 bits per heavy atom. The average Bonchev–Trinajstić information content (AvgIpc) is 1.30. The lowest BCUT2D eigenvalue weighted by molar-refractivity contribution is 0.332. The fraction of sp³-hybridized carbons (Fsp3) is 0.448. The lowest BCUT2D eigenvalue weighted by Crippen LogP contribution is -2.62. The molecule has 0 unspecified atom stereocenters. The molecular weight excluding hydrogens is 1100 g/mol. The van der Waals surface area contributed by atoms with Crippen LogP contribution in [0.2, 0.25) is 0 Å². The van der Waals surface area contributed by atoms with Crippen LogP contribution in [0, 0.1) is 0 Å². The van der Waals surface area contributed by atoms with E-state index in [1.54, 1.807) is 0 Å². The Labute approximate surface area is 549 Å². The van der Waals surface area contributed by atoms with Gasteiger partial charge in [-0.3, -0.25) is 0 Å². The molecule has 8 aromatic rings. The second-order valence-electron chi connectivity index (χ2n) is 36.7. The predicted octanol–water partition coefficient (Wildman–Crippen LogP) is 22.5. The maximum atomic E-state index is 2.82. The van der Waals surface area contributed by atoms with Crippen LogP contribution < -0.4 is 31.1 Å². The Morgan fingerprint density at radius 3 is 1.20 bits per heavy atom. The van der Waals surface area contributed by atoms with Crippen molar-refractivity contribution < 1.29 is 0 Å². The maximum Gasteiger partial charge on any atom is 0.252 e. The molecular formula is C87H104BN3. The maximum absolute atomic E-state index is 2.82. The first kappa shape index (κ1) is 61.7. The van der Waals surface area contributed by atoms with Crippen molar-refractivity contribution in [2.24, 2.45) is 0 Å². The van der Waals surface area contributed by atoms with Crippen LogP contribution in [0.3, 0.4) is 0 Å². The van der Waals surface area contributed by atoms with Crippen LogP contribution in [-0.4, -0.2) is 6.71 Å². The van der Waals surface area contributed by atoms with Crippen LogP contribution in [0.5, 0.6) is 0 Å². The highest BCUT2D eigenvalue weighted by molar-refractivity contribution is 7.00. The van der Waals surface area contributed by atoms with E-state index in [0.29, 0.717) is 0 Å². The average molecular weight is 1200 g/mol. The van der Waals surface area contributed by atoms with Gasteiger partial charge in [0.1, 0.15) is 0 Å². The molecule has 8 aromatic carbocycles. The lowest BCUT2D eigenvalue weighted by Gasteiger charge is -2.49. The fourth-order valence-electron chi connectivity index (χ4n) is 17.7. The summed E-state index contributed by atoms with van der Waals surface area (Å²) in [7, 11) is 0. The quantitative estimate of drug-likeness (QED) is 0.159. The van der Waals surface area contributed by atoms with Crippen LogP contribution in [0.15, 0.2) is 140 Å². The summed E-state index contributed by atoms with van der Waals surface area (Å²) in [5.41, 5.74) is 33.5. The number of hydrogen-bond donors (Lipinski definition) is 0. The predicted molar refractivity (Wildman–Crippen MR) is 395 cm³/mol. The summed E-state index contributed by atoms with van der Waals surface area (Å²) >= 11 is 0. The number of rotatable bonds is 5. The van der Waals surface area contributed by atoms with Crippen molar-refractivity contribution in [2.45, 2.75) is 252 Å². The summed E-state index contributed by atoms with van der Waals surface area (Å²) in [5, 5.41) is 0. The van der Waals surface area contributed by atoms with Crippen LogP contribution in [0.1, 0.15) is 259 Å². The van der Waals surface area contributed by atoms with E-state index < -0.39 is 0 Å². The molecule has 0 radical (unpaired) electrons. The van der Waals surface area contributed by atoms with Gasteiger partial charge < -0.3 is 14.7 Å². The highest BCUT2D eigenvalue weighted by atomic mass is 15.2. The van der Waals surface area contributed by atoms with Crippen LogP contribution >= 0.6 is 0 Å². The van der Waals surface area contributed by atoms with Crippen molar-refractivity contribution in [1.82, 2.24) is 0 Å². The molecule has 14 rings (SSSR count). The molecule has 0 saturated carbocycles. The minimum absolute atomic E-state index is 0.00151. The summed E-state index contributed by atoms with van der Waals surface area (Å²) in [6.07, 6.45) is 6.91. The number of fused-ring (bicyclic) bond motifs is 10. The second kappa shape index (κ2) is 19.6. The third-order valence-corrected chi connectivity index (χ3v) is 24.1. The minimum atomic E-state index is -0.317. The molecule has 0 fully saturated rings. The van der Waals surface area contributed by atoms with Crippen molar-refractivity contribution in [2.75, 3.05) is 14.7 Å². The molecule has 0 saturated heterocycles. The van der Waals surface area contributed by atoms with E-state index in [-0.39, 0.29) is 60.9 Å². The summed E-state index contributed by atoms with van der Waals surface area (Å²) in [6.45, 7) is 56.2. The highest BCUT2D eigenvalue weighted by Crippen LogP contribution is 2.59. The van der Waals surface area contributed by atoms with E-state index in [0.717, 1.165) is 49.2 Å². The molecule has 4 aliphatic carbocycles. The van der Waals surface area contributed by atoms with Gasteiger partial charge in [-0.1, -0.05) is 232 Å². The van der Waals surface area contributed by atoms with Gasteiger partial charge in [-0.2, -0.15) is 0 Å². The van der Waals surface area contributed by atoms with Crippen LogP contribution in [0.4, 0.5) is 51.2 Å². The molecule has 2 aliphatic heterocycles. The largest absolute Gasteiger partial charge is 0.311 e. The Balaban J connectivity index is 1.17. The van der Waals surface area contributed by atoms with Gasteiger partial charge in [0.15, 0.2) is 0 Å². The van der Waals surface area contributed by atoms with Crippen molar-refractivity contribution in [3.05, 3.63) is 201 Å². The zero-order chi connectivity index (χ0) is 65.2. The van der Waals surface area contributed by atoms with Crippen molar-refractivity contribution in [3.63, 3.8) is 0 Å². The summed E-state index contributed by atoms with van der Waals surface area (Å²) in [4.78, 5) is 8.19. The number of anilines is 9. The molecule has 0 bridgehead atoms. The molecule has 0 amide bonds. The molecule has 4 heteroatoms. The Morgan fingerprint density at radius 2 is 0.736 bits per heavy atom. The monoisotopic (exact) mass is 1200 g/mol. The van der Waals surface area contributed by atoms with E-state index in [9.17, 15) is 0 Å². The van der Waals surface area contributed by atoms with Crippen LogP contribution in [-0.2, 0) is 54.1 Å². The third kappa shape index (κ3) is 9.51. The van der Waals surface area contributed by atoms with E-state index in [1.807, 2.05) is 0 Å². The topological polar surface area (TPSA) is 9.72 Å². The van der Waals surface area contributed by atoms with Gasteiger partial charge in [0.25, 0.3) is 6.71 Å². The highest BCUT2D eigenvalue weighted by Gasteiger charge is 2.51. The summed E-state index contributed by atoms with van der Waals surface area (Å²) < 4.78 is 0. The summed E-state index contributed by atoms with van der Waals surface area (Å²) in [6, 6.07) is 57.7. The van der Waals surface area contributed by atoms with Gasteiger partial charge in [-0.15, -0.1) is 0 Å². The molecule has 3 nitrogen and oxygen atoms in total. The van der Waals surface area contributed by atoms with Crippen molar-refractivity contribution in [3.8, 4) is 11.1 Å². The van der Waals surface area contributed by atoms with E-state index in [1.165, 1.54) is 129 Å². The molecule has 0 atom stereocenters. The van der Waals surface area contributed by atoms with Crippen LogP contribution in [0.25, 0.3) is 11.1 Å². The first-order valence-corrected chi connectivity index (χ1v) is 34.8. The summed E-state index contributed by atoms with van der Waals surface area (Å²) in [5.74, 6) is 0. The van der Waals surface area contributed by atoms with Gasteiger partial charge >= 0.3 is 0 Å². The first-order chi connectivity index (χ1) is 42.2. The number of benzene rings is 8. The molecule has 0 N–H and O–H groups in total. The third-order valence-electron chi connectivity index (χ3n) is 24.1. The zero-order valence-corrected chi connectivity index (χ0v) is 59.9. The van der Waals surface area contributed by atoms with Crippen molar-refractivity contribution >= 4 is 74.3 Å². The van der Waals surface area contributed by atoms with Gasteiger partial charge in [0.2, 0.25) is 0 Å². The van der Waals surface area contributed by atoms with E-state index in [4.69, 9.17) is 0 Å². The molecule has 0 spiro atoms. The van der Waals surface area contributed by atoms with E-state index >= 15 is 0 Å². The Bertz CT molecular complexity index is 4270. The molecule has 0 aromatic heterocycles. The SMILES string of the molecule is CC(C)(C)c1ccc(N(c2ccc(C(C)(C)C)cc2)c2cc3c4c(c2)N(c2cccc5c2C(C)(C)c2cc(C(C)(C)C)ccc2-5)c2cc5c(cc2B4c2cc4c(cc2N3c2ccc3c(c2)C(C)(C)CCC3(C)C)C(C)(C)CCC4(C)C)C(C)(C)CCC5(C)C)cc1. The number of nitrogens with zero attached hydrogens (tertiary/aromatic N) is 3. The minimum Gasteiger partial charge on any atom is -0.311 e. The first-order valence-electron chi connectivity index (χ1n) is 34.8. The lowest BCUT2D eigenvalue weighted by atomic mass is 9.32. The van der Waals surface area contributed by atoms with Gasteiger partial charge in [-0.05, 0) is 243 Å². The second-order valence-corrected chi connectivity index (χ2v) is 36.7. The Kier molecular flexibility index (Phi) is 13.3. The molecule has 91 heavy (non-hydrogen) atoms. The van der Waals surface area contributed by atoms with Gasteiger partial charge in [0, 0.05) is 45.2 Å². The van der Waals surface area contributed by atoms with E-state index in [2.05, 4.69) is 313 Å². The fourth-order valence-corrected chi connectivity index (χ4v) is 17.7. The number of hydrogen-bond acceptors (Lipinski definition) is 3. The molecule has 2 heterocycles. The van der Waals surface area contributed by atoms with Gasteiger partial charge in [-0.25, -0.2) is 0 Å². The Hall–Kier alpha value is -6.78. The smallest absolute Gasteiger partial charge is 0.252 e. The molecule has 470 valence electrons. The standard InChI is InChI=1S/C87H104BN3/c1-78(2,3)53-27-32-56(33-28-53)89(57-34-29-54(30-35-57)79(4,5)6)59-47-74-77-75(48-59)91(71-26-24-25-61-60-37-31-55(80(7,8)9)45-63(60)87(22,23)76(61)71)73-52-68-66(84(16,17)42-44-86(68,20)21)50-70(73)88(77)69-49-65-67(85(18,19)43-41-83(65,14)15)51-72(69)90(74)58-36-38-62-64(46-58)82(12,13)40-39-81(62,10)11/h24-38,45-52H,39-44H2,1-23H3. The normalized spacial score (nSPS) is 19.7. The molecule has 6 aliphatic rings. The van der Waals surface area contributed by atoms with Crippen molar-refractivity contribution in [1.29, 1.82) is 0 Å². The van der Waals surface area contributed by atoms with Gasteiger partial charge in [0.05, 0.1) is 11.4 Å². The zero-order valence-electron chi connectivity index (χ0n) is 59.9.